The molecule has 1 aromatic heterocycles. The van der Waals surface area contributed by atoms with Crippen molar-refractivity contribution in [1.29, 1.82) is 0 Å². The van der Waals surface area contributed by atoms with Crippen LogP contribution in [-0.4, -0.2) is 36.0 Å². The molecule has 1 heterocycles. The van der Waals surface area contributed by atoms with Crippen molar-refractivity contribution in [2.75, 3.05) is 4.31 Å². The molecule has 9 nitrogen and oxygen atoms in total. The van der Waals surface area contributed by atoms with E-state index in [0.29, 0.717) is 18.9 Å². The summed E-state index contributed by atoms with van der Waals surface area (Å²) in [4.78, 5) is 31.9. The Labute approximate surface area is 212 Å². The molecule has 0 unspecified atom stereocenters. The lowest BCUT2D eigenvalue weighted by atomic mass is 9.98. The van der Waals surface area contributed by atoms with Gasteiger partial charge in [-0.05, 0) is 94.5 Å². The van der Waals surface area contributed by atoms with E-state index < -0.39 is 33.1 Å². The molecule has 0 saturated heterocycles. The highest BCUT2D eigenvalue weighted by Gasteiger charge is 2.35. The third-order valence-corrected chi connectivity index (χ3v) is 6.95. The summed E-state index contributed by atoms with van der Waals surface area (Å²) in [5, 5.41) is 4.74. The molecule has 0 aliphatic rings. The van der Waals surface area contributed by atoms with Crippen LogP contribution in [0.4, 0.5) is 10.5 Å². The molecular weight excluding hydrogens is 573 g/mol. The number of rotatable bonds is 4. The standard InChI is InChI=1S/C23H26IN3O6S/c1-22(2,3)20(28)33-27-18-13-12-15(14-17(18)19(24)25-27)26(21(29)32-23(4,5)6)34(30,31)16-10-8-7-9-11-16/h7-14H,1-6H3. The highest BCUT2D eigenvalue weighted by Crippen LogP contribution is 2.31. The van der Waals surface area contributed by atoms with Crippen LogP contribution in [0.2, 0.25) is 0 Å². The average Bonchev–Trinajstić information content (AvgIpc) is 3.01. The van der Waals surface area contributed by atoms with Crippen molar-refractivity contribution in [3.63, 3.8) is 0 Å². The minimum absolute atomic E-state index is 0.0604. The molecule has 2 aromatic carbocycles. The normalized spacial score (nSPS) is 12.4. The van der Waals surface area contributed by atoms with E-state index in [2.05, 4.69) is 5.10 Å². The van der Waals surface area contributed by atoms with Gasteiger partial charge in [-0.1, -0.05) is 23.0 Å². The van der Waals surface area contributed by atoms with Crippen LogP contribution >= 0.6 is 22.6 Å². The SMILES string of the molecule is CC(C)(C)OC(=O)N(c1ccc2c(c1)c(I)nn2OC(=O)C(C)(C)C)S(=O)(=O)c1ccccc1. The van der Waals surface area contributed by atoms with Gasteiger partial charge in [-0.3, -0.25) is 0 Å². The number of aromatic nitrogens is 2. The van der Waals surface area contributed by atoms with E-state index in [9.17, 15) is 18.0 Å². The van der Waals surface area contributed by atoms with E-state index in [-0.39, 0.29) is 10.6 Å². The van der Waals surface area contributed by atoms with Gasteiger partial charge in [0.2, 0.25) is 0 Å². The van der Waals surface area contributed by atoms with Crippen LogP contribution in [0, 0.1) is 9.12 Å². The van der Waals surface area contributed by atoms with Crippen molar-refractivity contribution in [3.05, 3.63) is 52.2 Å². The van der Waals surface area contributed by atoms with Gasteiger partial charge in [-0.15, -0.1) is 5.10 Å². The lowest BCUT2D eigenvalue weighted by Gasteiger charge is -2.27. The maximum Gasteiger partial charge on any atom is 0.429 e. The van der Waals surface area contributed by atoms with Crippen molar-refractivity contribution in [2.45, 2.75) is 52.0 Å². The van der Waals surface area contributed by atoms with E-state index >= 15 is 0 Å². The maximum absolute atomic E-state index is 13.5. The first-order chi connectivity index (χ1) is 15.6. The smallest absolute Gasteiger partial charge is 0.429 e. The lowest BCUT2D eigenvalue weighted by Crippen LogP contribution is -2.41. The third-order valence-electron chi connectivity index (χ3n) is 4.44. The Balaban J connectivity index is 2.14. The van der Waals surface area contributed by atoms with E-state index in [0.717, 1.165) is 4.85 Å². The van der Waals surface area contributed by atoms with Crippen LogP contribution in [0.3, 0.4) is 0 Å². The summed E-state index contributed by atoms with van der Waals surface area (Å²) in [6, 6.07) is 12.1. The van der Waals surface area contributed by atoms with Crippen LogP contribution in [0.5, 0.6) is 0 Å². The molecule has 3 aromatic rings. The molecule has 0 aliphatic carbocycles. The van der Waals surface area contributed by atoms with E-state index in [1.807, 2.05) is 22.6 Å². The van der Waals surface area contributed by atoms with Crippen LogP contribution in [0.15, 0.2) is 53.4 Å². The van der Waals surface area contributed by atoms with Crippen molar-refractivity contribution in [3.8, 4) is 0 Å². The van der Waals surface area contributed by atoms with Gasteiger partial charge < -0.3 is 9.57 Å². The monoisotopic (exact) mass is 599 g/mol. The van der Waals surface area contributed by atoms with Gasteiger partial charge in [0.05, 0.1) is 16.0 Å². The topological polar surface area (TPSA) is 108 Å². The summed E-state index contributed by atoms with van der Waals surface area (Å²) in [5.41, 5.74) is -1.18. The fourth-order valence-electron chi connectivity index (χ4n) is 2.80. The minimum Gasteiger partial charge on any atom is -0.443 e. The van der Waals surface area contributed by atoms with E-state index in [1.54, 1.807) is 59.7 Å². The molecule has 11 heteroatoms. The van der Waals surface area contributed by atoms with Crippen LogP contribution < -0.4 is 9.14 Å². The third kappa shape index (κ3) is 5.52. The average molecular weight is 599 g/mol. The molecule has 34 heavy (non-hydrogen) atoms. The molecule has 1 amide bonds. The Bertz CT molecular complexity index is 1340. The number of benzene rings is 2. The predicted octanol–water partition coefficient (Wildman–Crippen LogP) is 4.77. The molecule has 0 atom stereocenters. The summed E-state index contributed by atoms with van der Waals surface area (Å²) in [5.74, 6) is -0.487. The zero-order valence-electron chi connectivity index (χ0n) is 19.7. The summed E-state index contributed by atoms with van der Waals surface area (Å²) in [6.45, 7) is 10.1. The van der Waals surface area contributed by atoms with Crippen molar-refractivity contribution >= 4 is 61.3 Å². The molecule has 0 bridgehead atoms. The van der Waals surface area contributed by atoms with Crippen LogP contribution in [0.1, 0.15) is 41.5 Å². The second-order valence-electron chi connectivity index (χ2n) is 9.56. The summed E-state index contributed by atoms with van der Waals surface area (Å²) in [7, 11) is -4.30. The summed E-state index contributed by atoms with van der Waals surface area (Å²) >= 11 is 1.95. The van der Waals surface area contributed by atoms with Crippen LogP contribution in [0.25, 0.3) is 10.9 Å². The molecular formula is C23H26IN3O6S. The number of amides is 1. The van der Waals surface area contributed by atoms with Gasteiger partial charge in [0, 0.05) is 5.39 Å². The Kier molecular flexibility index (Phi) is 7.00. The van der Waals surface area contributed by atoms with Crippen molar-refractivity contribution in [1.82, 2.24) is 9.94 Å². The number of hydrogen-bond acceptors (Lipinski definition) is 7. The molecule has 0 N–H and O–H groups in total. The number of sulfonamides is 1. The molecule has 3 rings (SSSR count). The number of carbonyl (C=O) groups excluding carboxylic acids is 2. The first kappa shape index (κ1) is 25.9. The fraction of sp³-hybridized carbons (Fsp3) is 0.348. The predicted molar refractivity (Wildman–Crippen MR) is 136 cm³/mol. The van der Waals surface area contributed by atoms with Gasteiger partial charge in [-0.25, -0.2) is 18.0 Å². The highest BCUT2D eigenvalue weighted by molar-refractivity contribution is 14.1. The van der Waals surface area contributed by atoms with E-state index in [4.69, 9.17) is 9.57 Å². The number of anilines is 1. The maximum atomic E-state index is 13.5. The Morgan fingerprint density at radius 3 is 2.18 bits per heavy atom. The Hall–Kier alpha value is -2.67. The first-order valence-corrected chi connectivity index (χ1v) is 12.9. The van der Waals surface area contributed by atoms with Gasteiger partial charge in [-0.2, -0.15) is 4.31 Å². The van der Waals surface area contributed by atoms with Crippen LogP contribution in [-0.2, 0) is 19.6 Å². The number of carbonyl (C=O) groups is 2. The largest absolute Gasteiger partial charge is 0.443 e. The Morgan fingerprint density at radius 2 is 1.62 bits per heavy atom. The number of ether oxygens (including phenoxy) is 1. The second-order valence-corrected chi connectivity index (χ2v) is 12.4. The number of fused-ring (bicyclic) bond motifs is 1. The van der Waals surface area contributed by atoms with Gasteiger partial charge in [0.25, 0.3) is 10.0 Å². The fourth-order valence-corrected chi connectivity index (χ4v) is 4.76. The summed E-state index contributed by atoms with van der Waals surface area (Å²) < 4.78 is 33.4. The molecule has 0 spiro atoms. The number of hydrogen-bond donors (Lipinski definition) is 0. The molecule has 0 fully saturated rings. The molecule has 0 saturated carbocycles. The quantitative estimate of drug-likeness (QED) is 0.398. The number of nitrogens with zero attached hydrogens (tertiary/aromatic N) is 3. The minimum atomic E-state index is -4.30. The molecule has 0 radical (unpaired) electrons. The van der Waals surface area contributed by atoms with Crippen molar-refractivity contribution in [2.24, 2.45) is 5.41 Å². The lowest BCUT2D eigenvalue weighted by molar-refractivity contribution is -0.154. The highest BCUT2D eigenvalue weighted by atomic mass is 127. The molecule has 0 aliphatic heterocycles. The van der Waals surface area contributed by atoms with Gasteiger partial charge >= 0.3 is 12.1 Å². The van der Waals surface area contributed by atoms with Gasteiger partial charge in [0.15, 0.2) is 0 Å². The second kappa shape index (κ2) is 9.17. The van der Waals surface area contributed by atoms with Crippen molar-refractivity contribution < 1.29 is 27.6 Å². The zero-order valence-corrected chi connectivity index (χ0v) is 22.7. The summed E-state index contributed by atoms with van der Waals surface area (Å²) in [6.07, 6.45) is -1.04. The first-order valence-electron chi connectivity index (χ1n) is 10.4. The molecule has 182 valence electrons. The van der Waals surface area contributed by atoms with E-state index in [1.165, 1.54) is 30.3 Å². The number of halogens is 1. The zero-order chi connectivity index (χ0) is 25.5. The Morgan fingerprint density at radius 1 is 1.00 bits per heavy atom. The van der Waals surface area contributed by atoms with Gasteiger partial charge in [0.1, 0.15) is 14.8 Å².